The van der Waals surface area contributed by atoms with Crippen molar-refractivity contribution >= 4 is 11.4 Å². The van der Waals surface area contributed by atoms with Crippen LogP contribution in [0.3, 0.4) is 0 Å². The molecule has 0 aliphatic heterocycles. The zero-order chi connectivity index (χ0) is 13.7. The van der Waals surface area contributed by atoms with E-state index in [1.165, 1.54) is 17.7 Å². The Hall–Kier alpha value is -2.03. The molecule has 0 spiro atoms. The molecule has 0 amide bonds. The minimum Gasteiger partial charge on any atom is -0.399 e. The fraction of sp³-hybridized carbons (Fsp3) is 0.250. The molecule has 0 saturated heterocycles. The van der Waals surface area contributed by atoms with Gasteiger partial charge in [-0.1, -0.05) is 30.3 Å². The summed E-state index contributed by atoms with van der Waals surface area (Å²) in [5.41, 5.74) is 8.27. The standard InChI is InChI=1S/C16H19FN2/c1-19(16-11-14(17)10-15(18)12-16)9-5-8-13-6-3-2-4-7-13/h2-4,6-7,10-12H,5,8-9,18H2,1H3. The van der Waals surface area contributed by atoms with Gasteiger partial charge in [-0.25, -0.2) is 4.39 Å². The number of hydrogen-bond acceptors (Lipinski definition) is 2. The fourth-order valence-corrected chi connectivity index (χ4v) is 2.11. The highest BCUT2D eigenvalue weighted by Gasteiger charge is 2.04. The van der Waals surface area contributed by atoms with Crippen LogP contribution in [0.5, 0.6) is 0 Å². The van der Waals surface area contributed by atoms with Gasteiger partial charge < -0.3 is 10.6 Å². The Balaban J connectivity index is 1.89. The summed E-state index contributed by atoms with van der Waals surface area (Å²) in [5.74, 6) is -0.287. The molecule has 0 saturated carbocycles. The topological polar surface area (TPSA) is 29.3 Å². The summed E-state index contributed by atoms with van der Waals surface area (Å²) >= 11 is 0. The average molecular weight is 258 g/mol. The van der Waals surface area contributed by atoms with Gasteiger partial charge in [-0.3, -0.25) is 0 Å². The van der Waals surface area contributed by atoms with Crippen molar-refractivity contribution in [2.24, 2.45) is 0 Å². The molecule has 0 aromatic heterocycles. The second kappa shape index (κ2) is 6.23. The first-order valence-electron chi connectivity index (χ1n) is 6.46. The van der Waals surface area contributed by atoms with Gasteiger partial charge in [-0.05, 0) is 36.6 Å². The number of nitrogens with two attached hydrogens (primary N) is 1. The Bertz CT molecular complexity index is 505. The van der Waals surface area contributed by atoms with Gasteiger partial charge in [0.25, 0.3) is 0 Å². The van der Waals surface area contributed by atoms with Crippen LogP contribution in [0.2, 0.25) is 0 Å². The maximum Gasteiger partial charge on any atom is 0.127 e. The predicted molar refractivity (Wildman–Crippen MR) is 78.8 cm³/mol. The summed E-state index contributed by atoms with van der Waals surface area (Å²) in [5, 5.41) is 0. The zero-order valence-corrected chi connectivity index (χ0v) is 11.1. The molecule has 100 valence electrons. The third kappa shape index (κ3) is 3.98. The van der Waals surface area contributed by atoms with Crippen molar-refractivity contribution in [2.75, 3.05) is 24.2 Å². The van der Waals surface area contributed by atoms with E-state index in [1.807, 2.05) is 30.1 Å². The molecule has 2 N–H and O–H groups in total. The molecule has 0 radical (unpaired) electrons. The molecule has 0 fully saturated rings. The maximum atomic E-state index is 13.3. The molecule has 0 aliphatic carbocycles. The number of aryl methyl sites for hydroxylation is 1. The first kappa shape index (κ1) is 13.4. The monoisotopic (exact) mass is 258 g/mol. The van der Waals surface area contributed by atoms with Gasteiger partial charge in [-0.15, -0.1) is 0 Å². The van der Waals surface area contributed by atoms with E-state index in [9.17, 15) is 4.39 Å². The Labute approximate surface area is 113 Å². The summed E-state index contributed by atoms with van der Waals surface area (Å²) in [6.45, 7) is 0.873. The van der Waals surface area contributed by atoms with E-state index >= 15 is 0 Å². The van der Waals surface area contributed by atoms with Crippen LogP contribution >= 0.6 is 0 Å². The van der Waals surface area contributed by atoms with Crippen molar-refractivity contribution in [1.29, 1.82) is 0 Å². The number of benzene rings is 2. The first-order chi connectivity index (χ1) is 9.15. The molecule has 2 aromatic rings. The van der Waals surface area contributed by atoms with Gasteiger partial charge in [0, 0.05) is 25.0 Å². The van der Waals surface area contributed by atoms with Crippen molar-refractivity contribution in [3.63, 3.8) is 0 Å². The Morgan fingerprint density at radius 2 is 1.84 bits per heavy atom. The van der Waals surface area contributed by atoms with Crippen LogP contribution in [-0.4, -0.2) is 13.6 Å². The lowest BCUT2D eigenvalue weighted by Crippen LogP contribution is -2.19. The minimum atomic E-state index is -0.287. The summed E-state index contributed by atoms with van der Waals surface area (Å²) in [6.07, 6.45) is 2.05. The fourth-order valence-electron chi connectivity index (χ4n) is 2.11. The smallest absolute Gasteiger partial charge is 0.127 e. The van der Waals surface area contributed by atoms with E-state index in [0.717, 1.165) is 25.1 Å². The molecule has 2 rings (SSSR count). The van der Waals surface area contributed by atoms with Crippen molar-refractivity contribution in [3.8, 4) is 0 Å². The second-order valence-corrected chi connectivity index (χ2v) is 4.75. The van der Waals surface area contributed by atoms with Crippen LogP contribution in [0.25, 0.3) is 0 Å². The quantitative estimate of drug-likeness (QED) is 0.832. The molecular weight excluding hydrogens is 239 g/mol. The maximum absolute atomic E-state index is 13.3. The van der Waals surface area contributed by atoms with Crippen LogP contribution in [0.15, 0.2) is 48.5 Å². The number of nitrogens with zero attached hydrogens (tertiary/aromatic N) is 1. The van der Waals surface area contributed by atoms with E-state index in [4.69, 9.17) is 5.73 Å². The van der Waals surface area contributed by atoms with Crippen molar-refractivity contribution < 1.29 is 4.39 Å². The third-order valence-electron chi connectivity index (χ3n) is 3.15. The molecule has 0 unspecified atom stereocenters. The highest BCUT2D eigenvalue weighted by atomic mass is 19.1. The van der Waals surface area contributed by atoms with Crippen molar-refractivity contribution in [2.45, 2.75) is 12.8 Å². The van der Waals surface area contributed by atoms with E-state index in [0.29, 0.717) is 5.69 Å². The van der Waals surface area contributed by atoms with Gasteiger partial charge in [0.1, 0.15) is 5.82 Å². The molecule has 0 aliphatic rings. The van der Waals surface area contributed by atoms with E-state index in [1.54, 1.807) is 6.07 Å². The largest absolute Gasteiger partial charge is 0.399 e. The predicted octanol–water partition coefficient (Wildman–Crippen LogP) is 3.48. The molecule has 2 nitrogen and oxygen atoms in total. The van der Waals surface area contributed by atoms with Gasteiger partial charge in [0.05, 0.1) is 0 Å². The third-order valence-corrected chi connectivity index (χ3v) is 3.15. The van der Waals surface area contributed by atoms with Crippen LogP contribution in [0, 0.1) is 5.82 Å². The van der Waals surface area contributed by atoms with E-state index < -0.39 is 0 Å². The number of nitrogen functional groups attached to an aromatic ring is 1. The number of anilines is 2. The SMILES string of the molecule is CN(CCCc1ccccc1)c1cc(N)cc(F)c1. The Morgan fingerprint density at radius 1 is 1.11 bits per heavy atom. The lowest BCUT2D eigenvalue weighted by molar-refractivity contribution is 0.627. The molecule has 0 bridgehead atoms. The minimum absolute atomic E-state index is 0.287. The molecular formula is C16H19FN2. The van der Waals surface area contributed by atoms with E-state index in [-0.39, 0.29) is 5.82 Å². The van der Waals surface area contributed by atoms with Crippen LogP contribution in [-0.2, 0) is 6.42 Å². The first-order valence-corrected chi connectivity index (χ1v) is 6.46. The summed E-state index contributed by atoms with van der Waals surface area (Å²) in [4.78, 5) is 2.03. The van der Waals surface area contributed by atoms with E-state index in [2.05, 4.69) is 12.1 Å². The van der Waals surface area contributed by atoms with Crippen LogP contribution in [0.4, 0.5) is 15.8 Å². The number of halogens is 1. The number of hydrogen-bond donors (Lipinski definition) is 1. The molecule has 19 heavy (non-hydrogen) atoms. The van der Waals surface area contributed by atoms with Crippen LogP contribution in [0.1, 0.15) is 12.0 Å². The summed E-state index contributed by atoms with van der Waals surface area (Å²) in [7, 11) is 1.96. The molecule has 0 heterocycles. The lowest BCUT2D eigenvalue weighted by atomic mass is 10.1. The van der Waals surface area contributed by atoms with Gasteiger partial charge in [0.15, 0.2) is 0 Å². The normalized spacial score (nSPS) is 10.4. The molecule has 0 atom stereocenters. The zero-order valence-electron chi connectivity index (χ0n) is 11.1. The van der Waals surface area contributed by atoms with Gasteiger partial charge in [-0.2, -0.15) is 0 Å². The summed E-state index contributed by atoms with van der Waals surface area (Å²) in [6, 6.07) is 15.0. The molecule has 3 heteroatoms. The number of rotatable bonds is 5. The Morgan fingerprint density at radius 3 is 2.53 bits per heavy atom. The second-order valence-electron chi connectivity index (χ2n) is 4.75. The highest BCUT2D eigenvalue weighted by molar-refractivity contribution is 5.55. The Kier molecular flexibility index (Phi) is 4.39. The van der Waals surface area contributed by atoms with Crippen molar-refractivity contribution in [3.05, 3.63) is 59.9 Å². The van der Waals surface area contributed by atoms with Crippen molar-refractivity contribution in [1.82, 2.24) is 0 Å². The highest BCUT2D eigenvalue weighted by Crippen LogP contribution is 2.19. The van der Waals surface area contributed by atoms with Gasteiger partial charge in [0.2, 0.25) is 0 Å². The summed E-state index contributed by atoms with van der Waals surface area (Å²) < 4.78 is 13.3. The van der Waals surface area contributed by atoms with Gasteiger partial charge >= 0.3 is 0 Å². The van der Waals surface area contributed by atoms with Crippen LogP contribution < -0.4 is 10.6 Å². The lowest BCUT2D eigenvalue weighted by Gasteiger charge is -2.19. The average Bonchev–Trinajstić information content (AvgIpc) is 2.38. The molecule has 2 aromatic carbocycles.